The van der Waals surface area contributed by atoms with Crippen molar-refractivity contribution < 1.29 is 9.47 Å². The zero-order valence-corrected chi connectivity index (χ0v) is 18.1. The van der Waals surface area contributed by atoms with Crippen LogP contribution in [0.4, 0.5) is 5.82 Å². The second-order valence-electron chi connectivity index (χ2n) is 8.63. The van der Waals surface area contributed by atoms with Gasteiger partial charge in [0.1, 0.15) is 5.82 Å². The van der Waals surface area contributed by atoms with Crippen molar-refractivity contribution in [3.63, 3.8) is 0 Å². The highest BCUT2D eigenvalue weighted by Gasteiger charge is 2.58. The second kappa shape index (κ2) is 8.25. The van der Waals surface area contributed by atoms with E-state index in [9.17, 15) is 0 Å². The zero-order valence-electron chi connectivity index (χ0n) is 18.1. The van der Waals surface area contributed by atoms with Gasteiger partial charge in [0.15, 0.2) is 5.96 Å². The average molecular weight is 390 g/mol. The highest BCUT2D eigenvalue weighted by Crippen LogP contribution is 2.51. The highest BCUT2D eigenvalue weighted by molar-refractivity contribution is 5.80. The second-order valence-corrected chi connectivity index (χ2v) is 8.63. The first-order chi connectivity index (χ1) is 13.3. The number of aliphatic imine (C=N–C) groups is 1. The Morgan fingerprint density at radius 2 is 2.21 bits per heavy atom. The minimum Gasteiger partial charge on any atom is -0.378 e. The van der Waals surface area contributed by atoms with Gasteiger partial charge in [0.25, 0.3) is 0 Å². The fourth-order valence-electron chi connectivity index (χ4n) is 4.04. The number of morpholine rings is 1. The van der Waals surface area contributed by atoms with E-state index >= 15 is 0 Å². The molecule has 1 aromatic heterocycles. The first kappa shape index (κ1) is 20.9. The number of nitrogens with one attached hydrogen (secondary N) is 2. The molecular formula is C21H35N5O2. The Morgan fingerprint density at radius 3 is 2.86 bits per heavy atom. The number of guanidine groups is 1. The lowest BCUT2D eigenvalue weighted by atomic mass is 9.56. The minimum atomic E-state index is -0.0984. The van der Waals surface area contributed by atoms with Crippen LogP contribution in [0, 0.1) is 5.41 Å². The molecule has 0 radical (unpaired) electrons. The summed E-state index contributed by atoms with van der Waals surface area (Å²) in [4.78, 5) is 11.2. The molecule has 2 N–H and O–H groups in total. The summed E-state index contributed by atoms with van der Waals surface area (Å²) in [5, 5.41) is 6.99. The predicted octanol–water partition coefficient (Wildman–Crippen LogP) is 2.18. The van der Waals surface area contributed by atoms with Gasteiger partial charge in [0.2, 0.25) is 0 Å². The van der Waals surface area contributed by atoms with Crippen molar-refractivity contribution >= 4 is 11.8 Å². The molecule has 1 aliphatic carbocycles. The maximum Gasteiger partial charge on any atom is 0.191 e. The molecule has 28 heavy (non-hydrogen) atoms. The van der Waals surface area contributed by atoms with E-state index in [1.807, 2.05) is 19.3 Å². The molecule has 2 aliphatic rings. The van der Waals surface area contributed by atoms with Crippen LogP contribution in [0.5, 0.6) is 0 Å². The number of aromatic nitrogens is 1. The lowest BCUT2D eigenvalue weighted by molar-refractivity contribution is -0.176. The Morgan fingerprint density at radius 1 is 1.43 bits per heavy atom. The summed E-state index contributed by atoms with van der Waals surface area (Å²) in [7, 11) is 3.60. The largest absolute Gasteiger partial charge is 0.378 e. The highest BCUT2D eigenvalue weighted by atomic mass is 16.5. The van der Waals surface area contributed by atoms with Crippen molar-refractivity contribution in [3.05, 3.63) is 23.9 Å². The summed E-state index contributed by atoms with van der Waals surface area (Å²) in [6, 6.07) is 4.52. The summed E-state index contributed by atoms with van der Waals surface area (Å²) in [5.41, 5.74) is 1.12. The van der Waals surface area contributed by atoms with Crippen LogP contribution in [-0.4, -0.2) is 62.5 Å². The average Bonchev–Trinajstić information content (AvgIpc) is 2.70. The van der Waals surface area contributed by atoms with Crippen molar-refractivity contribution in [1.82, 2.24) is 15.6 Å². The Labute approximate surface area is 168 Å². The molecule has 2 fully saturated rings. The molecule has 1 aromatic rings. The van der Waals surface area contributed by atoms with Gasteiger partial charge in [-0.25, -0.2) is 4.98 Å². The number of rotatable bonds is 5. The SMILES string of the molecule is CN=C(NCc1ccnc(N2CCOC(C)C2)c1)NC1CC(C)(OC)C1(C)C. The van der Waals surface area contributed by atoms with E-state index in [0.29, 0.717) is 12.6 Å². The summed E-state index contributed by atoms with van der Waals surface area (Å²) in [6.45, 7) is 12.0. The first-order valence-electron chi connectivity index (χ1n) is 10.1. The topological polar surface area (TPSA) is 71.0 Å². The molecule has 1 aliphatic heterocycles. The summed E-state index contributed by atoms with van der Waals surface area (Å²) in [6.07, 6.45) is 3.08. The van der Waals surface area contributed by atoms with Crippen LogP contribution in [0.3, 0.4) is 0 Å². The van der Waals surface area contributed by atoms with Gasteiger partial charge in [-0.15, -0.1) is 0 Å². The normalized spacial score (nSPS) is 29.9. The molecule has 3 unspecified atom stereocenters. The van der Waals surface area contributed by atoms with Gasteiger partial charge >= 0.3 is 0 Å². The van der Waals surface area contributed by atoms with Gasteiger partial charge in [0.05, 0.1) is 18.3 Å². The van der Waals surface area contributed by atoms with Crippen molar-refractivity contribution in [2.75, 3.05) is 38.8 Å². The van der Waals surface area contributed by atoms with Crippen LogP contribution in [0.2, 0.25) is 0 Å². The molecule has 7 heteroatoms. The van der Waals surface area contributed by atoms with Crippen LogP contribution in [-0.2, 0) is 16.0 Å². The molecule has 156 valence electrons. The van der Waals surface area contributed by atoms with Crippen molar-refractivity contribution in [2.45, 2.75) is 58.4 Å². The van der Waals surface area contributed by atoms with Gasteiger partial charge in [-0.05, 0) is 38.0 Å². The molecule has 0 spiro atoms. The van der Waals surface area contributed by atoms with Crippen molar-refractivity contribution in [3.8, 4) is 0 Å². The number of anilines is 1. The minimum absolute atomic E-state index is 0.0379. The molecule has 1 saturated carbocycles. The van der Waals surface area contributed by atoms with Gasteiger partial charge in [-0.2, -0.15) is 0 Å². The fourth-order valence-corrected chi connectivity index (χ4v) is 4.04. The zero-order chi connectivity index (χ0) is 20.4. The number of nitrogens with zero attached hydrogens (tertiary/aromatic N) is 3. The van der Waals surface area contributed by atoms with Crippen molar-refractivity contribution in [2.24, 2.45) is 10.4 Å². The summed E-state index contributed by atoms with van der Waals surface area (Å²) < 4.78 is 11.4. The van der Waals surface area contributed by atoms with Crippen LogP contribution >= 0.6 is 0 Å². The smallest absolute Gasteiger partial charge is 0.191 e. The number of ether oxygens (including phenoxy) is 2. The molecule has 0 aromatic carbocycles. The molecule has 1 saturated heterocycles. The molecule has 2 heterocycles. The van der Waals surface area contributed by atoms with Gasteiger partial charge < -0.3 is 25.0 Å². The third kappa shape index (κ3) is 4.10. The number of hydrogen-bond acceptors (Lipinski definition) is 5. The molecule has 0 amide bonds. The quantitative estimate of drug-likeness (QED) is 0.594. The van der Waals surface area contributed by atoms with Gasteiger partial charge in [-0.3, -0.25) is 4.99 Å². The Kier molecular flexibility index (Phi) is 6.15. The molecular weight excluding hydrogens is 354 g/mol. The van der Waals surface area contributed by atoms with Crippen LogP contribution in [0.1, 0.15) is 39.7 Å². The van der Waals surface area contributed by atoms with Crippen molar-refractivity contribution in [1.29, 1.82) is 0 Å². The fraction of sp³-hybridized carbons (Fsp3) is 0.714. The summed E-state index contributed by atoms with van der Waals surface area (Å²) >= 11 is 0. The third-order valence-corrected chi connectivity index (χ3v) is 6.65. The lowest BCUT2D eigenvalue weighted by Gasteiger charge is -2.59. The van der Waals surface area contributed by atoms with E-state index < -0.39 is 0 Å². The van der Waals surface area contributed by atoms with Crippen LogP contribution in [0.25, 0.3) is 0 Å². The monoisotopic (exact) mass is 389 g/mol. The maximum atomic E-state index is 5.72. The van der Waals surface area contributed by atoms with Crippen LogP contribution in [0.15, 0.2) is 23.3 Å². The predicted molar refractivity (Wildman–Crippen MR) is 113 cm³/mol. The Balaban J connectivity index is 1.57. The molecule has 3 atom stereocenters. The van der Waals surface area contributed by atoms with Crippen LogP contribution < -0.4 is 15.5 Å². The Hall–Kier alpha value is -1.86. The van der Waals surface area contributed by atoms with Gasteiger partial charge in [0, 0.05) is 51.4 Å². The van der Waals surface area contributed by atoms with E-state index in [-0.39, 0.29) is 17.1 Å². The van der Waals surface area contributed by atoms with Gasteiger partial charge in [-0.1, -0.05) is 13.8 Å². The molecule has 0 bridgehead atoms. The standard InChI is InChI=1S/C21H35N5O2/c1-15-14-26(9-10-28-15)18-11-16(7-8-23-18)13-24-19(22-5)25-17-12-21(4,27-6)20(17,2)3/h7-8,11,15,17H,9-10,12-14H2,1-6H3,(H2,22,24,25). The number of hydrogen-bond donors (Lipinski definition) is 2. The summed E-state index contributed by atoms with van der Waals surface area (Å²) in [5.74, 6) is 1.82. The van der Waals surface area contributed by atoms with E-state index in [1.165, 1.54) is 5.56 Å². The number of methoxy groups -OCH3 is 1. The molecule has 7 nitrogen and oxygen atoms in total. The molecule has 3 rings (SSSR count). The van der Waals surface area contributed by atoms with E-state index in [0.717, 1.165) is 37.9 Å². The third-order valence-electron chi connectivity index (χ3n) is 6.65. The van der Waals surface area contributed by atoms with E-state index in [4.69, 9.17) is 9.47 Å². The first-order valence-corrected chi connectivity index (χ1v) is 10.1. The Bertz CT molecular complexity index is 708. The van der Waals surface area contributed by atoms with E-state index in [2.05, 4.69) is 59.3 Å². The van der Waals surface area contributed by atoms with E-state index in [1.54, 1.807) is 7.11 Å². The maximum absolute atomic E-state index is 5.72. The number of pyridine rings is 1. The lowest BCUT2D eigenvalue weighted by Crippen LogP contribution is -2.69.